The predicted molar refractivity (Wildman–Crippen MR) is 98.7 cm³/mol. The van der Waals surface area contributed by atoms with Crippen LogP contribution in [0.5, 0.6) is 11.5 Å². The van der Waals surface area contributed by atoms with Gasteiger partial charge in [-0.15, -0.1) is 0 Å². The van der Waals surface area contributed by atoms with Crippen molar-refractivity contribution in [2.24, 2.45) is 0 Å². The standard InChI is InChI=1S/C21H16O5/c1-23-17-11-18(24-2)20-15(22)10-16(13-6-4-3-5-7-13)26-21(20)19(17)14-8-9-25-12-14/h3-12H,1-2H3. The van der Waals surface area contributed by atoms with E-state index in [1.165, 1.54) is 13.2 Å². The third-order valence-corrected chi connectivity index (χ3v) is 4.24. The molecule has 4 aromatic rings. The first kappa shape index (κ1) is 16.0. The maximum absolute atomic E-state index is 12.9. The van der Waals surface area contributed by atoms with Gasteiger partial charge in [0.2, 0.25) is 0 Å². The predicted octanol–water partition coefficient (Wildman–Crippen LogP) is 4.74. The fraction of sp³-hybridized carbons (Fsp3) is 0.0952. The maximum Gasteiger partial charge on any atom is 0.197 e. The minimum Gasteiger partial charge on any atom is -0.496 e. The highest BCUT2D eigenvalue weighted by atomic mass is 16.5. The lowest BCUT2D eigenvalue weighted by atomic mass is 10.0. The molecule has 0 unspecified atom stereocenters. The SMILES string of the molecule is COc1cc(OC)c2c(=O)cc(-c3ccccc3)oc2c1-c1ccoc1. The summed E-state index contributed by atoms with van der Waals surface area (Å²) in [6, 6.07) is 14.4. The molecule has 5 heteroatoms. The number of rotatable bonds is 4. The zero-order chi connectivity index (χ0) is 18.1. The summed E-state index contributed by atoms with van der Waals surface area (Å²) in [5, 5.41) is 0.365. The zero-order valence-corrected chi connectivity index (χ0v) is 14.3. The molecule has 5 nitrogen and oxygen atoms in total. The highest BCUT2D eigenvalue weighted by Crippen LogP contribution is 2.42. The number of fused-ring (bicyclic) bond motifs is 1. The Morgan fingerprint density at radius 2 is 1.65 bits per heavy atom. The van der Waals surface area contributed by atoms with E-state index in [-0.39, 0.29) is 5.43 Å². The van der Waals surface area contributed by atoms with E-state index in [2.05, 4.69) is 0 Å². The molecule has 0 atom stereocenters. The van der Waals surface area contributed by atoms with Crippen LogP contribution >= 0.6 is 0 Å². The van der Waals surface area contributed by atoms with Gasteiger partial charge in [0.05, 0.1) is 32.3 Å². The summed E-state index contributed by atoms with van der Waals surface area (Å²) in [5.41, 5.74) is 2.42. The summed E-state index contributed by atoms with van der Waals surface area (Å²) in [4.78, 5) is 12.9. The van der Waals surface area contributed by atoms with Gasteiger partial charge in [0.1, 0.15) is 22.6 Å². The van der Waals surface area contributed by atoms with Gasteiger partial charge in [0.15, 0.2) is 11.0 Å². The summed E-state index contributed by atoms with van der Waals surface area (Å²) in [6.07, 6.45) is 3.14. The number of hydrogen-bond acceptors (Lipinski definition) is 5. The second kappa shape index (κ2) is 6.44. The third-order valence-electron chi connectivity index (χ3n) is 4.24. The molecule has 4 rings (SSSR count). The van der Waals surface area contributed by atoms with E-state index in [1.54, 1.807) is 31.8 Å². The topological polar surface area (TPSA) is 61.8 Å². The molecule has 0 saturated heterocycles. The third kappa shape index (κ3) is 2.54. The minimum atomic E-state index is -0.186. The lowest BCUT2D eigenvalue weighted by Gasteiger charge is -2.14. The molecule has 0 aliphatic rings. The van der Waals surface area contributed by atoms with Crippen molar-refractivity contribution >= 4 is 11.0 Å². The van der Waals surface area contributed by atoms with Gasteiger partial charge < -0.3 is 18.3 Å². The lowest BCUT2D eigenvalue weighted by Crippen LogP contribution is -2.04. The maximum atomic E-state index is 12.9. The normalized spacial score (nSPS) is 10.8. The van der Waals surface area contributed by atoms with E-state index < -0.39 is 0 Å². The summed E-state index contributed by atoms with van der Waals surface area (Å²) < 4.78 is 22.3. The van der Waals surface area contributed by atoms with E-state index in [1.807, 2.05) is 30.3 Å². The second-order valence-electron chi connectivity index (χ2n) is 5.71. The van der Waals surface area contributed by atoms with Gasteiger partial charge in [-0.2, -0.15) is 0 Å². The molecule has 0 N–H and O–H groups in total. The van der Waals surface area contributed by atoms with Crippen molar-refractivity contribution in [1.29, 1.82) is 0 Å². The monoisotopic (exact) mass is 348 g/mol. The van der Waals surface area contributed by atoms with Gasteiger partial charge in [0, 0.05) is 23.3 Å². The van der Waals surface area contributed by atoms with Crippen LogP contribution in [0.25, 0.3) is 33.4 Å². The van der Waals surface area contributed by atoms with E-state index in [9.17, 15) is 4.79 Å². The van der Waals surface area contributed by atoms with Crippen LogP contribution in [0.1, 0.15) is 0 Å². The van der Waals surface area contributed by atoms with Crippen molar-refractivity contribution in [3.8, 4) is 33.9 Å². The van der Waals surface area contributed by atoms with Gasteiger partial charge in [-0.1, -0.05) is 30.3 Å². The Morgan fingerprint density at radius 3 is 2.31 bits per heavy atom. The van der Waals surface area contributed by atoms with Gasteiger partial charge in [-0.25, -0.2) is 0 Å². The van der Waals surface area contributed by atoms with Crippen LogP contribution in [0.4, 0.5) is 0 Å². The Kier molecular flexibility index (Phi) is 3.97. The first-order valence-electron chi connectivity index (χ1n) is 8.03. The van der Waals surface area contributed by atoms with Crippen molar-refractivity contribution in [3.63, 3.8) is 0 Å². The Bertz CT molecular complexity index is 1110. The van der Waals surface area contributed by atoms with Gasteiger partial charge >= 0.3 is 0 Å². The molecular formula is C21H16O5. The molecule has 0 saturated carbocycles. The number of hydrogen-bond donors (Lipinski definition) is 0. The van der Waals surface area contributed by atoms with Crippen LogP contribution in [-0.4, -0.2) is 14.2 Å². The van der Waals surface area contributed by atoms with Crippen LogP contribution in [0.3, 0.4) is 0 Å². The molecule has 130 valence electrons. The van der Waals surface area contributed by atoms with Crippen molar-refractivity contribution in [2.75, 3.05) is 14.2 Å². The number of methoxy groups -OCH3 is 2. The smallest absolute Gasteiger partial charge is 0.197 e. The Morgan fingerprint density at radius 1 is 0.885 bits per heavy atom. The van der Waals surface area contributed by atoms with Crippen molar-refractivity contribution in [1.82, 2.24) is 0 Å². The average molecular weight is 348 g/mol. The fourth-order valence-corrected chi connectivity index (χ4v) is 3.02. The first-order chi connectivity index (χ1) is 12.7. The molecule has 0 spiro atoms. The summed E-state index contributed by atoms with van der Waals surface area (Å²) in [6.45, 7) is 0. The first-order valence-corrected chi connectivity index (χ1v) is 8.03. The molecule has 0 fully saturated rings. The van der Waals surface area contributed by atoms with E-state index >= 15 is 0 Å². The number of ether oxygens (including phenoxy) is 2. The quantitative estimate of drug-likeness (QED) is 0.533. The molecule has 2 aromatic heterocycles. The van der Waals surface area contributed by atoms with Crippen LogP contribution in [-0.2, 0) is 0 Å². The van der Waals surface area contributed by atoms with E-state index in [0.717, 1.165) is 11.1 Å². The van der Waals surface area contributed by atoms with Crippen LogP contribution in [0.2, 0.25) is 0 Å². The van der Waals surface area contributed by atoms with Gasteiger partial charge in [-0.05, 0) is 6.07 Å². The van der Waals surface area contributed by atoms with Crippen LogP contribution in [0.15, 0.2) is 74.7 Å². The Balaban J connectivity index is 2.14. The molecule has 0 amide bonds. The molecule has 0 aliphatic heterocycles. The van der Waals surface area contributed by atoms with Gasteiger partial charge in [-0.3, -0.25) is 4.79 Å². The molecule has 0 radical (unpaired) electrons. The Labute approximate surface area is 149 Å². The van der Waals surface area contributed by atoms with E-state index in [4.69, 9.17) is 18.3 Å². The van der Waals surface area contributed by atoms with Gasteiger partial charge in [0.25, 0.3) is 0 Å². The summed E-state index contributed by atoms with van der Waals surface area (Å²) in [5.74, 6) is 1.41. The molecule has 26 heavy (non-hydrogen) atoms. The molecular weight excluding hydrogens is 332 g/mol. The van der Waals surface area contributed by atoms with Crippen LogP contribution < -0.4 is 14.9 Å². The lowest BCUT2D eigenvalue weighted by molar-refractivity contribution is 0.397. The number of benzene rings is 2. The highest BCUT2D eigenvalue weighted by Gasteiger charge is 2.21. The Hall–Kier alpha value is -3.47. The second-order valence-corrected chi connectivity index (χ2v) is 5.71. The fourth-order valence-electron chi connectivity index (χ4n) is 3.02. The van der Waals surface area contributed by atoms with E-state index in [0.29, 0.717) is 33.8 Å². The largest absolute Gasteiger partial charge is 0.496 e. The molecule has 0 bridgehead atoms. The summed E-state index contributed by atoms with van der Waals surface area (Å²) >= 11 is 0. The van der Waals surface area contributed by atoms with Crippen LogP contribution in [0, 0.1) is 0 Å². The summed E-state index contributed by atoms with van der Waals surface area (Å²) in [7, 11) is 3.07. The molecule has 2 heterocycles. The minimum absolute atomic E-state index is 0.186. The van der Waals surface area contributed by atoms with Crippen molar-refractivity contribution < 1.29 is 18.3 Å². The van der Waals surface area contributed by atoms with Crippen molar-refractivity contribution in [3.05, 3.63) is 71.3 Å². The zero-order valence-electron chi connectivity index (χ0n) is 14.3. The number of furan rings is 1. The molecule has 0 aliphatic carbocycles. The average Bonchev–Trinajstić information content (AvgIpc) is 3.21. The molecule has 2 aromatic carbocycles. The highest BCUT2D eigenvalue weighted by molar-refractivity contribution is 5.99. The van der Waals surface area contributed by atoms with Crippen molar-refractivity contribution in [2.45, 2.75) is 0 Å².